The van der Waals surface area contributed by atoms with Crippen molar-refractivity contribution >= 4 is 34.1 Å². The molecular formula is C30H24N4O3. The zero-order valence-corrected chi connectivity index (χ0v) is 20.1. The molecule has 2 heterocycles. The molecule has 0 aliphatic rings. The summed E-state index contributed by atoms with van der Waals surface area (Å²) in [4.78, 5) is 34.2. The summed E-state index contributed by atoms with van der Waals surface area (Å²) in [6.07, 6.45) is 3.44. The number of anilines is 2. The Morgan fingerprint density at radius 2 is 1.54 bits per heavy atom. The van der Waals surface area contributed by atoms with Crippen LogP contribution in [0.5, 0.6) is 5.75 Å². The van der Waals surface area contributed by atoms with Crippen molar-refractivity contribution < 1.29 is 14.3 Å². The van der Waals surface area contributed by atoms with Gasteiger partial charge in [-0.3, -0.25) is 19.6 Å². The molecule has 7 heteroatoms. The Labute approximate surface area is 214 Å². The first-order chi connectivity index (χ1) is 18.0. The quantitative estimate of drug-likeness (QED) is 0.292. The topological polar surface area (TPSA) is 93.2 Å². The second-order valence-corrected chi connectivity index (χ2v) is 8.48. The number of carbonyl (C=O) groups is 2. The molecule has 0 aliphatic heterocycles. The van der Waals surface area contributed by atoms with Gasteiger partial charge >= 0.3 is 0 Å². The summed E-state index contributed by atoms with van der Waals surface area (Å²) in [5.41, 5.74) is 4.73. The molecule has 0 fully saturated rings. The normalized spacial score (nSPS) is 10.6. The minimum Gasteiger partial charge on any atom is -0.487 e. The van der Waals surface area contributed by atoms with Crippen LogP contribution in [0.25, 0.3) is 10.9 Å². The fourth-order valence-corrected chi connectivity index (χ4v) is 3.79. The van der Waals surface area contributed by atoms with Gasteiger partial charge in [0.05, 0.1) is 11.2 Å². The van der Waals surface area contributed by atoms with E-state index >= 15 is 0 Å². The van der Waals surface area contributed by atoms with Crippen molar-refractivity contribution in [3.63, 3.8) is 0 Å². The molecule has 0 radical (unpaired) electrons. The predicted molar refractivity (Wildman–Crippen MR) is 144 cm³/mol. The van der Waals surface area contributed by atoms with Gasteiger partial charge in [-0.15, -0.1) is 0 Å². The smallest absolute Gasteiger partial charge is 0.255 e. The van der Waals surface area contributed by atoms with Crippen molar-refractivity contribution in [3.8, 4) is 5.75 Å². The Kier molecular flexibility index (Phi) is 6.85. The fourth-order valence-electron chi connectivity index (χ4n) is 3.79. The molecule has 182 valence electrons. The number of amides is 2. The van der Waals surface area contributed by atoms with E-state index in [1.165, 1.54) is 0 Å². The standard InChI is InChI=1S/C30H24N4O3/c1-20-7-11-24(33-30(36)23-10-14-27-22(17-23)5-4-16-32-27)18-28(20)34-29(35)21-8-12-26(13-9-21)37-19-25-6-2-3-15-31-25/h2-18H,19H2,1H3,(H,33,36)(H,34,35). The van der Waals surface area contributed by atoms with E-state index < -0.39 is 0 Å². The van der Waals surface area contributed by atoms with Crippen molar-refractivity contribution in [2.24, 2.45) is 0 Å². The number of ether oxygens (including phenoxy) is 1. The van der Waals surface area contributed by atoms with Gasteiger partial charge in [-0.05, 0) is 85.3 Å². The lowest BCUT2D eigenvalue weighted by atomic mass is 10.1. The predicted octanol–water partition coefficient (Wildman–Crippen LogP) is 6.02. The number of pyridine rings is 2. The van der Waals surface area contributed by atoms with Crippen molar-refractivity contribution in [3.05, 3.63) is 126 Å². The Morgan fingerprint density at radius 3 is 2.35 bits per heavy atom. The Balaban J connectivity index is 1.23. The van der Waals surface area contributed by atoms with Crippen LogP contribution in [0.1, 0.15) is 32.0 Å². The SMILES string of the molecule is Cc1ccc(NC(=O)c2ccc3ncccc3c2)cc1NC(=O)c1ccc(OCc2ccccn2)cc1. The Morgan fingerprint density at radius 1 is 0.757 bits per heavy atom. The number of hydrogen-bond donors (Lipinski definition) is 2. The van der Waals surface area contributed by atoms with Crippen molar-refractivity contribution in [1.82, 2.24) is 9.97 Å². The third kappa shape index (κ3) is 5.79. The second kappa shape index (κ2) is 10.7. The second-order valence-electron chi connectivity index (χ2n) is 8.48. The summed E-state index contributed by atoms with van der Waals surface area (Å²) in [5, 5.41) is 6.73. The zero-order chi connectivity index (χ0) is 25.6. The molecule has 0 saturated carbocycles. The van der Waals surface area contributed by atoms with E-state index in [9.17, 15) is 9.59 Å². The number of carbonyl (C=O) groups excluding carboxylic acids is 2. The van der Waals surface area contributed by atoms with Gasteiger partial charge in [-0.2, -0.15) is 0 Å². The van der Waals surface area contributed by atoms with Crippen molar-refractivity contribution in [2.75, 3.05) is 10.6 Å². The average Bonchev–Trinajstić information content (AvgIpc) is 2.94. The lowest BCUT2D eigenvalue weighted by molar-refractivity contribution is 0.101. The van der Waals surface area contributed by atoms with Crippen LogP contribution in [0.4, 0.5) is 11.4 Å². The summed E-state index contributed by atoms with van der Waals surface area (Å²) in [7, 11) is 0. The maximum absolute atomic E-state index is 12.9. The molecule has 0 saturated heterocycles. The van der Waals surface area contributed by atoms with E-state index in [-0.39, 0.29) is 11.8 Å². The summed E-state index contributed by atoms with van der Waals surface area (Å²) in [6, 6.07) is 27.1. The Bertz CT molecular complexity index is 1570. The van der Waals surface area contributed by atoms with E-state index in [0.717, 1.165) is 22.2 Å². The third-order valence-corrected chi connectivity index (χ3v) is 5.84. The number of nitrogens with zero attached hydrogens (tertiary/aromatic N) is 2. The molecule has 5 rings (SSSR count). The molecule has 0 unspecified atom stereocenters. The van der Waals surface area contributed by atoms with Gasteiger partial charge in [-0.25, -0.2) is 0 Å². The molecule has 7 nitrogen and oxygen atoms in total. The lowest BCUT2D eigenvalue weighted by Gasteiger charge is -2.12. The summed E-state index contributed by atoms with van der Waals surface area (Å²) < 4.78 is 5.74. The third-order valence-electron chi connectivity index (χ3n) is 5.84. The van der Waals surface area contributed by atoms with Gasteiger partial charge in [0, 0.05) is 40.3 Å². The van der Waals surface area contributed by atoms with Gasteiger partial charge in [0.2, 0.25) is 0 Å². The molecule has 37 heavy (non-hydrogen) atoms. The van der Waals surface area contributed by atoms with E-state index in [0.29, 0.717) is 34.9 Å². The number of rotatable bonds is 7. The van der Waals surface area contributed by atoms with E-state index in [1.807, 2.05) is 49.4 Å². The van der Waals surface area contributed by atoms with Crippen LogP contribution in [-0.2, 0) is 6.61 Å². The minimum absolute atomic E-state index is 0.242. The maximum atomic E-state index is 12.9. The van der Waals surface area contributed by atoms with Crippen molar-refractivity contribution in [2.45, 2.75) is 13.5 Å². The first kappa shape index (κ1) is 23.7. The van der Waals surface area contributed by atoms with Gasteiger partial charge in [-0.1, -0.05) is 18.2 Å². The van der Waals surface area contributed by atoms with Crippen LogP contribution >= 0.6 is 0 Å². The molecule has 0 aliphatic carbocycles. The first-order valence-corrected chi connectivity index (χ1v) is 11.8. The minimum atomic E-state index is -0.259. The Hall–Kier alpha value is -5.04. The number of benzene rings is 3. The van der Waals surface area contributed by atoms with Crippen LogP contribution in [0.2, 0.25) is 0 Å². The zero-order valence-electron chi connectivity index (χ0n) is 20.1. The average molecular weight is 489 g/mol. The molecule has 0 bridgehead atoms. The van der Waals surface area contributed by atoms with E-state index in [4.69, 9.17) is 4.74 Å². The molecule has 0 atom stereocenters. The van der Waals surface area contributed by atoms with Gasteiger partial charge in [0.15, 0.2) is 0 Å². The molecule has 5 aromatic rings. The van der Waals surface area contributed by atoms with E-state index in [2.05, 4.69) is 20.6 Å². The van der Waals surface area contributed by atoms with Crippen LogP contribution in [0.15, 0.2) is 103 Å². The maximum Gasteiger partial charge on any atom is 0.255 e. The highest BCUT2D eigenvalue weighted by molar-refractivity contribution is 6.07. The highest BCUT2D eigenvalue weighted by Gasteiger charge is 2.12. The van der Waals surface area contributed by atoms with Crippen molar-refractivity contribution in [1.29, 1.82) is 0 Å². The monoisotopic (exact) mass is 488 g/mol. The summed E-state index contributed by atoms with van der Waals surface area (Å²) in [5.74, 6) is 0.144. The number of fused-ring (bicyclic) bond motifs is 1. The van der Waals surface area contributed by atoms with Crippen LogP contribution in [0, 0.1) is 6.92 Å². The van der Waals surface area contributed by atoms with Gasteiger partial charge in [0.1, 0.15) is 12.4 Å². The van der Waals surface area contributed by atoms with Gasteiger partial charge in [0.25, 0.3) is 11.8 Å². The summed E-state index contributed by atoms with van der Waals surface area (Å²) in [6.45, 7) is 2.24. The highest BCUT2D eigenvalue weighted by atomic mass is 16.5. The summed E-state index contributed by atoms with van der Waals surface area (Å²) >= 11 is 0. The molecule has 2 amide bonds. The van der Waals surface area contributed by atoms with Crippen LogP contribution < -0.4 is 15.4 Å². The number of nitrogens with one attached hydrogen (secondary N) is 2. The first-order valence-electron chi connectivity index (χ1n) is 11.8. The highest BCUT2D eigenvalue weighted by Crippen LogP contribution is 2.23. The van der Waals surface area contributed by atoms with E-state index in [1.54, 1.807) is 60.9 Å². The number of aromatic nitrogens is 2. The fraction of sp³-hybridized carbons (Fsp3) is 0.0667. The molecule has 0 spiro atoms. The number of aryl methyl sites for hydroxylation is 1. The number of hydrogen-bond acceptors (Lipinski definition) is 5. The van der Waals surface area contributed by atoms with Crippen LogP contribution in [0.3, 0.4) is 0 Å². The lowest BCUT2D eigenvalue weighted by Crippen LogP contribution is -2.15. The van der Waals surface area contributed by atoms with Gasteiger partial charge < -0.3 is 15.4 Å². The largest absolute Gasteiger partial charge is 0.487 e. The molecular weight excluding hydrogens is 464 g/mol. The molecule has 2 aromatic heterocycles. The molecule has 2 N–H and O–H groups in total. The van der Waals surface area contributed by atoms with Crippen LogP contribution in [-0.4, -0.2) is 21.8 Å². The molecule has 3 aromatic carbocycles.